The first-order valence-corrected chi connectivity index (χ1v) is 8.04. The molecule has 0 fully saturated rings. The second-order valence-corrected chi connectivity index (χ2v) is 7.00. The third-order valence-electron chi connectivity index (χ3n) is 3.78. The van der Waals surface area contributed by atoms with Crippen LogP contribution < -0.4 is 5.56 Å². The van der Waals surface area contributed by atoms with Gasteiger partial charge in [-0.25, -0.2) is 4.68 Å². The summed E-state index contributed by atoms with van der Waals surface area (Å²) in [5.41, 5.74) is 1.26. The van der Waals surface area contributed by atoms with Crippen LogP contribution in [0, 0.1) is 12.3 Å². The average molecular weight is 328 g/mol. The highest BCUT2D eigenvalue weighted by molar-refractivity contribution is 5.69. The number of ether oxygens (including phenoxy) is 1. The fourth-order valence-corrected chi connectivity index (χ4v) is 2.34. The van der Waals surface area contributed by atoms with Crippen molar-refractivity contribution in [2.75, 3.05) is 0 Å². The number of rotatable bonds is 5. The van der Waals surface area contributed by atoms with Gasteiger partial charge in [-0.3, -0.25) is 9.59 Å². The van der Waals surface area contributed by atoms with Gasteiger partial charge in [-0.2, -0.15) is 5.10 Å². The number of hydrogen-bond acceptors (Lipinski definition) is 4. The normalized spacial score (nSPS) is 12.7. The van der Waals surface area contributed by atoms with E-state index in [1.165, 1.54) is 6.07 Å². The number of esters is 1. The van der Waals surface area contributed by atoms with Crippen molar-refractivity contribution in [3.63, 3.8) is 0 Å². The van der Waals surface area contributed by atoms with Gasteiger partial charge in [0.05, 0.1) is 5.69 Å². The van der Waals surface area contributed by atoms with Crippen molar-refractivity contribution < 1.29 is 9.53 Å². The number of carbonyl (C=O) groups excluding carboxylic acids is 1. The Kier molecular flexibility index (Phi) is 5.54. The average Bonchev–Trinajstić information content (AvgIpc) is 2.50. The minimum Gasteiger partial charge on any atom is -0.460 e. The predicted molar refractivity (Wildman–Crippen MR) is 92.7 cm³/mol. The summed E-state index contributed by atoms with van der Waals surface area (Å²) in [6.07, 6.45) is 0.347. The summed E-state index contributed by atoms with van der Waals surface area (Å²) in [5, 5.41) is 4.07. The van der Waals surface area contributed by atoms with Crippen LogP contribution in [0.4, 0.5) is 0 Å². The molecular weight excluding hydrogens is 304 g/mol. The maximum Gasteiger partial charge on any atom is 0.328 e. The van der Waals surface area contributed by atoms with Gasteiger partial charge in [0.25, 0.3) is 5.56 Å². The molecule has 0 saturated carbocycles. The van der Waals surface area contributed by atoms with E-state index >= 15 is 0 Å². The zero-order valence-electron chi connectivity index (χ0n) is 14.7. The highest BCUT2D eigenvalue weighted by Gasteiger charge is 2.28. The highest BCUT2D eigenvalue weighted by atomic mass is 16.5. The summed E-state index contributed by atoms with van der Waals surface area (Å²) in [4.78, 5) is 24.1. The number of carbonyl (C=O) groups is 1. The Labute approximate surface area is 142 Å². The zero-order chi connectivity index (χ0) is 17.7. The molecule has 0 amide bonds. The summed E-state index contributed by atoms with van der Waals surface area (Å²) in [7, 11) is 0. The van der Waals surface area contributed by atoms with Crippen molar-refractivity contribution in [1.82, 2.24) is 9.78 Å². The second-order valence-electron chi connectivity index (χ2n) is 7.00. The fourth-order valence-electron chi connectivity index (χ4n) is 2.34. The molecule has 5 heteroatoms. The summed E-state index contributed by atoms with van der Waals surface area (Å²) < 4.78 is 6.82. The van der Waals surface area contributed by atoms with Gasteiger partial charge in [-0.1, -0.05) is 51.1 Å². The van der Waals surface area contributed by atoms with Crippen LogP contribution in [0.5, 0.6) is 0 Å². The van der Waals surface area contributed by atoms with Crippen LogP contribution in [0.25, 0.3) is 0 Å². The molecule has 1 aromatic carbocycles. The molecule has 2 rings (SSSR count). The standard InChI is InChI=1S/C19H24N2O3/c1-14-10-11-17(22)21(20-14)13-18(23)24-16(19(2,3)4)12-15-8-6-5-7-9-15/h5-11,16H,12-13H2,1-4H3. The van der Waals surface area contributed by atoms with Crippen molar-refractivity contribution >= 4 is 5.97 Å². The second kappa shape index (κ2) is 7.43. The van der Waals surface area contributed by atoms with Crippen LogP contribution in [0.2, 0.25) is 0 Å². The van der Waals surface area contributed by atoms with Gasteiger partial charge in [-0.05, 0) is 24.0 Å². The SMILES string of the molecule is Cc1ccc(=O)n(CC(=O)OC(Cc2ccccc2)C(C)(C)C)n1. The van der Waals surface area contributed by atoms with Crippen LogP contribution in [-0.2, 0) is 22.5 Å². The number of nitrogens with zero attached hydrogens (tertiary/aromatic N) is 2. The molecule has 2 aromatic rings. The lowest BCUT2D eigenvalue weighted by molar-refractivity contribution is -0.155. The maximum atomic E-state index is 12.3. The molecule has 128 valence electrons. The van der Waals surface area contributed by atoms with Crippen molar-refractivity contribution in [3.05, 3.63) is 64.1 Å². The summed E-state index contributed by atoms with van der Waals surface area (Å²) in [6.45, 7) is 7.69. The number of benzene rings is 1. The van der Waals surface area contributed by atoms with E-state index in [1.54, 1.807) is 13.0 Å². The molecule has 24 heavy (non-hydrogen) atoms. The van der Waals surface area contributed by atoms with Crippen molar-refractivity contribution in [2.45, 2.75) is 46.8 Å². The molecule has 1 atom stereocenters. The van der Waals surface area contributed by atoms with Gasteiger partial charge in [0.1, 0.15) is 12.6 Å². The van der Waals surface area contributed by atoms with E-state index in [-0.39, 0.29) is 23.6 Å². The van der Waals surface area contributed by atoms with Crippen LogP contribution in [-0.4, -0.2) is 21.9 Å². The quantitative estimate of drug-likeness (QED) is 0.792. The van der Waals surface area contributed by atoms with E-state index in [2.05, 4.69) is 5.10 Å². The molecule has 0 spiro atoms. The molecule has 0 saturated heterocycles. The molecule has 0 aliphatic carbocycles. The van der Waals surface area contributed by atoms with Crippen molar-refractivity contribution in [3.8, 4) is 0 Å². The lowest BCUT2D eigenvalue weighted by Crippen LogP contribution is -2.36. The number of aryl methyl sites for hydroxylation is 1. The molecule has 0 aliphatic heterocycles. The van der Waals surface area contributed by atoms with Crippen LogP contribution in [0.3, 0.4) is 0 Å². The predicted octanol–water partition coefficient (Wildman–Crippen LogP) is 2.75. The van der Waals surface area contributed by atoms with E-state index in [0.29, 0.717) is 12.1 Å². The van der Waals surface area contributed by atoms with Gasteiger partial charge in [-0.15, -0.1) is 0 Å². The van der Waals surface area contributed by atoms with Crippen LogP contribution in [0.1, 0.15) is 32.0 Å². The summed E-state index contributed by atoms with van der Waals surface area (Å²) >= 11 is 0. The maximum absolute atomic E-state index is 12.3. The number of aromatic nitrogens is 2. The Hall–Kier alpha value is -2.43. The third-order valence-corrected chi connectivity index (χ3v) is 3.78. The minimum absolute atomic E-state index is 0.179. The topological polar surface area (TPSA) is 61.2 Å². The minimum atomic E-state index is -0.453. The largest absolute Gasteiger partial charge is 0.460 e. The molecule has 1 aromatic heterocycles. The first kappa shape index (κ1) is 17.9. The van der Waals surface area contributed by atoms with Gasteiger partial charge in [0, 0.05) is 12.5 Å². The zero-order valence-corrected chi connectivity index (χ0v) is 14.7. The molecule has 5 nitrogen and oxygen atoms in total. The summed E-state index contributed by atoms with van der Waals surface area (Å²) in [5.74, 6) is -0.453. The molecule has 1 heterocycles. The molecule has 1 unspecified atom stereocenters. The highest BCUT2D eigenvalue weighted by Crippen LogP contribution is 2.25. The Bertz CT molecular complexity index is 745. The Morgan fingerprint density at radius 2 is 1.83 bits per heavy atom. The van der Waals surface area contributed by atoms with Gasteiger partial charge in [0.15, 0.2) is 0 Å². The molecular formula is C19H24N2O3. The number of hydrogen-bond donors (Lipinski definition) is 0. The summed E-state index contributed by atoms with van der Waals surface area (Å²) in [6, 6.07) is 12.9. The molecule has 0 N–H and O–H groups in total. The van der Waals surface area contributed by atoms with Crippen LogP contribution in [0.15, 0.2) is 47.3 Å². The lowest BCUT2D eigenvalue weighted by Gasteiger charge is -2.30. The van der Waals surface area contributed by atoms with Crippen LogP contribution >= 0.6 is 0 Å². The van der Waals surface area contributed by atoms with E-state index in [9.17, 15) is 9.59 Å². The van der Waals surface area contributed by atoms with E-state index in [4.69, 9.17) is 4.74 Å². The van der Waals surface area contributed by atoms with Gasteiger partial charge >= 0.3 is 5.97 Å². The fraction of sp³-hybridized carbons (Fsp3) is 0.421. The smallest absolute Gasteiger partial charge is 0.328 e. The van der Waals surface area contributed by atoms with E-state index < -0.39 is 5.97 Å². The van der Waals surface area contributed by atoms with Gasteiger partial charge in [0.2, 0.25) is 0 Å². The Balaban J connectivity index is 2.10. The Morgan fingerprint density at radius 1 is 1.17 bits per heavy atom. The molecule has 0 radical (unpaired) electrons. The van der Waals surface area contributed by atoms with Crippen molar-refractivity contribution in [1.29, 1.82) is 0 Å². The first-order chi connectivity index (χ1) is 11.3. The molecule has 0 aliphatic rings. The van der Waals surface area contributed by atoms with E-state index in [0.717, 1.165) is 10.2 Å². The Morgan fingerprint density at radius 3 is 2.46 bits per heavy atom. The third kappa shape index (κ3) is 5.05. The van der Waals surface area contributed by atoms with Gasteiger partial charge < -0.3 is 4.74 Å². The monoisotopic (exact) mass is 328 g/mol. The van der Waals surface area contributed by atoms with Crippen molar-refractivity contribution in [2.24, 2.45) is 5.41 Å². The molecule has 0 bridgehead atoms. The first-order valence-electron chi connectivity index (χ1n) is 8.04. The van der Waals surface area contributed by atoms with E-state index in [1.807, 2.05) is 51.1 Å². The lowest BCUT2D eigenvalue weighted by atomic mass is 9.85.